The lowest BCUT2D eigenvalue weighted by Gasteiger charge is -2.40. The van der Waals surface area contributed by atoms with Gasteiger partial charge in [-0.2, -0.15) is 0 Å². The number of hydrogen-bond acceptors (Lipinski definition) is 3. The van der Waals surface area contributed by atoms with Crippen molar-refractivity contribution in [2.24, 2.45) is 4.99 Å². The van der Waals surface area contributed by atoms with Crippen LogP contribution in [0.3, 0.4) is 0 Å². The van der Waals surface area contributed by atoms with E-state index < -0.39 is 0 Å². The van der Waals surface area contributed by atoms with E-state index in [9.17, 15) is 9.50 Å². The van der Waals surface area contributed by atoms with Crippen molar-refractivity contribution in [2.45, 2.75) is 56.9 Å². The third-order valence-corrected chi connectivity index (χ3v) is 5.99. The summed E-state index contributed by atoms with van der Waals surface area (Å²) < 4.78 is 20.0. The first-order chi connectivity index (χ1) is 14.1. The Morgan fingerprint density at radius 1 is 1.24 bits per heavy atom. The summed E-state index contributed by atoms with van der Waals surface area (Å²) in [7, 11) is 1.75. The first-order valence-electron chi connectivity index (χ1n) is 10.3. The van der Waals surface area contributed by atoms with E-state index in [0.29, 0.717) is 18.1 Å². The molecule has 0 saturated heterocycles. The van der Waals surface area contributed by atoms with E-state index >= 15 is 0 Å². The summed E-state index contributed by atoms with van der Waals surface area (Å²) in [4.78, 5) is 4.38. The zero-order valence-electron chi connectivity index (χ0n) is 16.7. The minimum Gasteiger partial charge on any atom is -0.487 e. The molecule has 1 fully saturated rings. The largest absolute Gasteiger partial charge is 0.487 e. The first-order valence-corrected chi connectivity index (χ1v) is 10.3. The number of nitrogens with one attached hydrogen (secondary N) is 2. The number of nitrogens with zero attached hydrogens (tertiary/aromatic N) is 1. The van der Waals surface area contributed by atoms with Gasteiger partial charge in [0.1, 0.15) is 17.2 Å². The van der Waals surface area contributed by atoms with E-state index in [1.165, 1.54) is 18.9 Å². The number of benzene rings is 2. The summed E-state index contributed by atoms with van der Waals surface area (Å²) >= 11 is 0. The minimum absolute atomic E-state index is 0.0855. The highest BCUT2D eigenvalue weighted by Gasteiger charge is 2.43. The zero-order valence-corrected chi connectivity index (χ0v) is 16.7. The molecule has 2 aromatic rings. The second-order valence-corrected chi connectivity index (χ2v) is 7.94. The van der Waals surface area contributed by atoms with Crippen molar-refractivity contribution < 1.29 is 14.2 Å². The van der Waals surface area contributed by atoms with Gasteiger partial charge in [0.25, 0.3) is 0 Å². The number of para-hydroxylation sites is 1. The highest BCUT2D eigenvalue weighted by molar-refractivity contribution is 5.80. The van der Waals surface area contributed by atoms with Gasteiger partial charge < -0.3 is 20.5 Å². The Morgan fingerprint density at radius 3 is 2.79 bits per heavy atom. The van der Waals surface area contributed by atoms with Crippen molar-refractivity contribution in [3.8, 4) is 5.75 Å². The average molecular weight is 397 g/mol. The molecule has 1 aliphatic heterocycles. The topological polar surface area (TPSA) is 65.9 Å². The molecule has 0 bridgehead atoms. The summed E-state index contributed by atoms with van der Waals surface area (Å²) in [6.07, 6.45) is 5.51. The molecule has 29 heavy (non-hydrogen) atoms. The summed E-state index contributed by atoms with van der Waals surface area (Å²) in [5, 5.41) is 16.1. The number of hydrogen-bond donors (Lipinski definition) is 3. The molecule has 1 spiro atoms. The SMILES string of the molecule is CN=C(NCc1ccc(F)c(CO)c1)NC1CC2(CCCC2)Oc2ccccc21. The van der Waals surface area contributed by atoms with Gasteiger partial charge in [0.05, 0.1) is 12.6 Å². The fourth-order valence-electron chi connectivity index (χ4n) is 4.48. The van der Waals surface area contributed by atoms with Crippen LogP contribution in [0, 0.1) is 5.82 Å². The summed E-state index contributed by atoms with van der Waals surface area (Å²) in [5.74, 6) is 1.26. The molecule has 0 aromatic heterocycles. The summed E-state index contributed by atoms with van der Waals surface area (Å²) in [6, 6.07) is 13.1. The minimum atomic E-state index is -0.389. The van der Waals surface area contributed by atoms with Crippen molar-refractivity contribution in [3.05, 3.63) is 65.0 Å². The molecule has 1 atom stereocenters. The maximum atomic E-state index is 13.6. The predicted molar refractivity (Wildman–Crippen MR) is 111 cm³/mol. The Bertz CT molecular complexity index is 893. The summed E-state index contributed by atoms with van der Waals surface area (Å²) in [5.41, 5.74) is 2.25. The van der Waals surface area contributed by atoms with Crippen LogP contribution < -0.4 is 15.4 Å². The molecule has 5 nitrogen and oxygen atoms in total. The van der Waals surface area contributed by atoms with Crippen LogP contribution in [0.1, 0.15) is 54.8 Å². The summed E-state index contributed by atoms with van der Waals surface area (Å²) in [6.45, 7) is 0.177. The third-order valence-electron chi connectivity index (χ3n) is 5.99. The Morgan fingerprint density at radius 2 is 2.03 bits per heavy atom. The molecule has 1 saturated carbocycles. The number of rotatable bonds is 4. The molecule has 154 valence electrons. The molecule has 1 heterocycles. The van der Waals surface area contributed by atoms with Crippen LogP contribution in [0.15, 0.2) is 47.5 Å². The van der Waals surface area contributed by atoms with Gasteiger partial charge in [0.2, 0.25) is 0 Å². The Hall–Kier alpha value is -2.60. The average Bonchev–Trinajstić information content (AvgIpc) is 3.19. The van der Waals surface area contributed by atoms with Gasteiger partial charge in [0.15, 0.2) is 5.96 Å². The lowest BCUT2D eigenvalue weighted by molar-refractivity contribution is 0.0396. The van der Waals surface area contributed by atoms with Crippen LogP contribution in [-0.2, 0) is 13.2 Å². The van der Waals surface area contributed by atoms with Gasteiger partial charge >= 0.3 is 0 Å². The second kappa shape index (κ2) is 8.41. The highest BCUT2D eigenvalue weighted by Crippen LogP contribution is 2.46. The lowest BCUT2D eigenvalue weighted by Crippen LogP contribution is -2.46. The van der Waals surface area contributed by atoms with E-state index in [1.807, 2.05) is 18.2 Å². The van der Waals surface area contributed by atoms with Crippen molar-refractivity contribution in [1.82, 2.24) is 10.6 Å². The number of aliphatic hydroxyl groups excluding tert-OH is 1. The zero-order chi connectivity index (χ0) is 20.3. The molecule has 3 N–H and O–H groups in total. The molecule has 2 aliphatic rings. The van der Waals surface area contributed by atoms with Crippen LogP contribution in [0.4, 0.5) is 4.39 Å². The number of aliphatic hydroxyl groups is 1. The molecular weight excluding hydrogens is 369 g/mol. The van der Waals surface area contributed by atoms with Crippen molar-refractivity contribution in [3.63, 3.8) is 0 Å². The fourth-order valence-corrected chi connectivity index (χ4v) is 4.48. The highest BCUT2D eigenvalue weighted by atomic mass is 19.1. The van der Waals surface area contributed by atoms with Crippen molar-refractivity contribution >= 4 is 5.96 Å². The van der Waals surface area contributed by atoms with Gasteiger partial charge in [-0.1, -0.05) is 24.3 Å². The molecule has 1 aliphatic carbocycles. The van der Waals surface area contributed by atoms with E-state index in [2.05, 4.69) is 21.7 Å². The van der Waals surface area contributed by atoms with Crippen molar-refractivity contribution in [1.29, 1.82) is 0 Å². The van der Waals surface area contributed by atoms with Crippen LogP contribution in [-0.4, -0.2) is 23.7 Å². The van der Waals surface area contributed by atoms with Gasteiger partial charge in [-0.3, -0.25) is 4.99 Å². The smallest absolute Gasteiger partial charge is 0.191 e. The van der Waals surface area contributed by atoms with E-state index in [0.717, 1.165) is 36.1 Å². The van der Waals surface area contributed by atoms with Crippen LogP contribution in [0.2, 0.25) is 0 Å². The molecule has 1 unspecified atom stereocenters. The second-order valence-electron chi connectivity index (χ2n) is 7.94. The third kappa shape index (κ3) is 4.22. The number of aliphatic imine (C=N–C) groups is 1. The Labute approximate surface area is 171 Å². The van der Waals surface area contributed by atoms with E-state index in [4.69, 9.17) is 4.74 Å². The molecule has 0 amide bonds. The lowest BCUT2D eigenvalue weighted by atomic mass is 9.86. The number of ether oxygens (including phenoxy) is 1. The van der Waals surface area contributed by atoms with Gasteiger partial charge in [-0.15, -0.1) is 0 Å². The van der Waals surface area contributed by atoms with E-state index in [-0.39, 0.29) is 24.1 Å². The van der Waals surface area contributed by atoms with Gasteiger partial charge in [-0.05, 0) is 49.4 Å². The molecule has 0 radical (unpaired) electrons. The molecular formula is C23H28FN3O2. The standard InChI is InChI=1S/C23H28FN3O2/c1-25-22(26-14-16-8-9-19(24)17(12-16)15-28)27-20-13-23(10-4-5-11-23)29-21-7-3-2-6-18(20)21/h2-3,6-9,12,20,28H,4-5,10-11,13-15H2,1H3,(H2,25,26,27). The van der Waals surface area contributed by atoms with Crippen LogP contribution in [0.25, 0.3) is 0 Å². The number of fused-ring (bicyclic) bond motifs is 1. The Kier molecular flexibility index (Phi) is 5.72. The van der Waals surface area contributed by atoms with Crippen LogP contribution in [0.5, 0.6) is 5.75 Å². The monoisotopic (exact) mass is 397 g/mol. The fraction of sp³-hybridized carbons (Fsp3) is 0.435. The quantitative estimate of drug-likeness (QED) is 0.542. The normalized spacial score (nSPS) is 20.2. The predicted octanol–water partition coefficient (Wildman–Crippen LogP) is 3.82. The first kappa shape index (κ1) is 19.7. The van der Waals surface area contributed by atoms with Gasteiger partial charge in [-0.25, -0.2) is 4.39 Å². The Balaban J connectivity index is 1.48. The van der Waals surface area contributed by atoms with Crippen LogP contribution >= 0.6 is 0 Å². The number of guanidine groups is 1. The molecule has 2 aromatic carbocycles. The maximum Gasteiger partial charge on any atom is 0.191 e. The molecule has 4 rings (SSSR count). The van der Waals surface area contributed by atoms with E-state index in [1.54, 1.807) is 19.2 Å². The number of halogens is 1. The molecule has 6 heteroatoms. The maximum absolute atomic E-state index is 13.6. The van der Waals surface area contributed by atoms with Gasteiger partial charge in [0, 0.05) is 31.1 Å². The van der Waals surface area contributed by atoms with Crippen molar-refractivity contribution in [2.75, 3.05) is 7.05 Å².